The Morgan fingerprint density at radius 1 is 1.12 bits per heavy atom. The highest BCUT2D eigenvalue weighted by atomic mass is 28.3. The molecule has 3 rings (SSSR count). The van der Waals surface area contributed by atoms with Crippen LogP contribution in [0.3, 0.4) is 0 Å². The van der Waals surface area contributed by atoms with E-state index in [9.17, 15) is 4.79 Å². The van der Waals surface area contributed by atoms with Crippen LogP contribution in [0.2, 0.25) is 19.6 Å². The van der Waals surface area contributed by atoms with Gasteiger partial charge in [0, 0.05) is 6.42 Å². The lowest BCUT2D eigenvalue weighted by Gasteiger charge is -2.29. The zero-order valence-electron chi connectivity index (χ0n) is 20.7. The summed E-state index contributed by atoms with van der Waals surface area (Å²) in [5, 5.41) is 0. The molecule has 0 aromatic rings. The van der Waals surface area contributed by atoms with Gasteiger partial charge in [-0.25, -0.2) is 0 Å². The first-order valence-corrected chi connectivity index (χ1v) is 14.9. The molecule has 0 spiro atoms. The van der Waals surface area contributed by atoms with Crippen LogP contribution in [0, 0.1) is 17.4 Å². The number of fused-ring (bicyclic) bond motifs is 1. The highest BCUT2D eigenvalue weighted by Crippen LogP contribution is 2.42. The second-order valence-corrected chi connectivity index (χ2v) is 15.6. The van der Waals surface area contributed by atoms with Crippen molar-refractivity contribution < 1.29 is 33.2 Å². The van der Waals surface area contributed by atoms with Crippen LogP contribution in [0.4, 0.5) is 0 Å². The van der Waals surface area contributed by atoms with Crippen molar-refractivity contribution >= 4 is 14.0 Å². The van der Waals surface area contributed by atoms with Crippen LogP contribution in [-0.4, -0.2) is 62.9 Å². The molecule has 0 aromatic carbocycles. The maximum absolute atomic E-state index is 13.2. The van der Waals surface area contributed by atoms with Crippen molar-refractivity contribution in [2.45, 2.75) is 109 Å². The molecular weight excluding hydrogens is 428 g/mol. The predicted molar refractivity (Wildman–Crippen MR) is 122 cm³/mol. The number of rotatable bonds is 6. The third-order valence-electron chi connectivity index (χ3n) is 5.58. The average molecular weight is 467 g/mol. The number of carbonyl (C=O) groups excluding carboxylic acids is 1. The molecule has 7 nitrogen and oxygen atoms in total. The maximum atomic E-state index is 13.2. The molecule has 3 heterocycles. The van der Waals surface area contributed by atoms with Crippen LogP contribution in [-0.2, 0) is 33.2 Å². The molecule has 0 radical (unpaired) electrons. The van der Waals surface area contributed by atoms with E-state index in [0.29, 0.717) is 19.4 Å². The lowest BCUT2D eigenvalue weighted by Crippen LogP contribution is -2.46. The Hall–Kier alpha value is -1.21. The molecule has 8 heteroatoms. The van der Waals surface area contributed by atoms with Crippen molar-refractivity contribution in [1.82, 2.24) is 0 Å². The Bertz CT molecular complexity index is 788. The standard InChI is InChI=1S/C24H38O7Si/c1-15(2)16(12-10-11-13-32(7,8)9)21(25)27-19-18(17-14-26-23(3,4)29-17)28-22-20(19)30-24(5,6)31-22/h16-20,22H,1,10,12,14H2,2-9H3/t16-,17-,18+,19-,20-,22-/m1/s1. The topological polar surface area (TPSA) is 72.5 Å². The summed E-state index contributed by atoms with van der Waals surface area (Å²) < 4.78 is 35.8. The monoisotopic (exact) mass is 466 g/mol. The fourth-order valence-corrected chi connectivity index (χ4v) is 4.80. The SMILES string of the molecule is C=C(C)[C@@H](CCC#C[Si](C)(C)C)C(=O)O[C@@H]1[C@H]([C@H]2COC(C)(C)O2)O[C@@H]2OC(C)(C)O[C@@H]21. The summed E-state index contributed by atoms with van der Waals surface area (Å²) in [4.78, 5) is 13.2. The molecule has 0 aromatic heterocycles. The number of carbonyl (C=O) groups is 1. The number of ether oxygens (including phenoxy) is 6. The van der Waals surface area contributed by atoms with Crippen molar-refractivity contribution in [3.05, 3.63) is 12.2 Å². The molecule has 3 aliphatic rings. The molecule has 32 heavy (non-hydrogen) atoms. The van der Waals surface area contributed by atoms with E-state index in [2.05, 4.69) is 37.7 Å². The molecule has 180 valence electrons. The molecule has 3 fully saturated rings. The third-order valence-corrected chi connectivity index (χ3v) is 6.50. The van der Waals surface area contributed by atoms with Crippen LogP contribution in [0.5, 0.6) is 0 Å². The molecule has 3 saturated heterocycles. The van der Waals surface area contributed by atoms with E-state index < -0.39 is 56.3 Å². The van der Waals surface area contributed by atoms with E-state index in [1.807, 2.05) is 34.6 Å². The van der Waals surface area contributed by atoms with E-state index in [4.69, 9.17) is 28.4 Å². The lowest BCUT2D eigenvalue weighted by molar-refractivity contribution is -0.235. The predicted octanol–water partition coefficient (Wildman–Crippen LogP) is 3.78. The minimum absolute atomic E-state index is 0.338. The van der Waals surface area contributed by atoms with Gasteiger partial charge in [-0.15, -0.1) is 11.5 Å². The van der Waals surface area contributed by atoms with Gasteiger partial charge in [-0.05, 0) is 41.0 Å². The first kappa shape index (κ1) is 25.4. The Labute approximate surface area is 193 Å². The summed E-state index contributed by atoms with van der Waals surface area (Å²) in [7, 11) is -1.45. The molecule has 0 aliphatic carbocycles. The van der Waals surface area contributed by atoms with E-state index in [1.165, 1.54) is 0 Å². The Morgan fingerprint density at radius 3 is 2.38 bits per heavy atom. The molecular formula is C24H38O7Si. The third kappa shape index (κ3) is 6.22. The average Bonchev–Trinajstić information content (AvgIpc) is 3.23. The largest absolute Gasteiger partial charge is 0.456 e. The number of hydrogen-bond donors (Lipinski definition) is 0. The summed E-state index contributed by atoms with van der Waals surface area (Å²) in [6.45, 7) is 20.1. The smallest absolute Gasteiger partial charge is 0.313 e. The van der Waals surface area contributed by atoms with Crippen LogP contribution < -0.4 is 0 Å². The normalized spacial score (nSPS) is 33.8. The van der Waals surface area contributed by atoms with Gasteiger partial charge in [0.25, 0.3) is 0 Å². The minimum Gasteiger partial charge on any atom is -0.456 e. The second-order valence-electron chi connectivity index (χ2n) is 10.8. The first-order chi connectivity index (χ1) is 14.7. The second kappa shape index (κ2) is 9.20. The van der Waals surface area contributed by atoms with Crippen molar-refractivity contribution in [3.63, 3.8) is 0 Å². The van der Waals surface area contributed by atoms with Gasteiger partial charge in [0.05, 0.1) is 12.5 Å². The van der Waals surface area contributed by atoms with Crippen molar-refractivity contribution in [2.24, 2.45) is 5.92 Å². The molecule has 0 N–H and O–H groups in total. The van der Waals surface area contributed by atoms with Crippen molar-refractivity contribution in [2.75, 3.05) is 6.61 Å². The quantitative estimate of drug-likeness (QED) is 0.255. The molecule has 0 saturated carbocycles. The highest BCUT2D eigenvalue weighted by molar-refractivity contribution is 6.83. The van der Waals surface area contributed by atoms with Crippen LogP contribution in [0.15, 0.2) is 12.2 Å². The minimum atomic E-state index is -1.45. The number of esters is 1. The fraction of sp³-hybridized carbons (Fsp3) is 0.792. The summed E-state index contributed by atoms with van der Waals surface area (Å²) >= 11 is 0. The fourth-order valence-electron chi connectivity index (χ4n) is 4.14. The van der Waals surface area contributed by atoms with E-state index >= 15 is 0 Å². The highest BCUT2D eigenvalue weighted by Gasteiger charge is 2.60. The van der Waals surface area contributed by atoms with Crippen molar-refractivity contribution in [1.29, 1.82) is 0 Å². The van der Waals surface area contributed by atoms with Gasteiger partial charge in [0.1, 0.15) is 20.3 Å². The van der Waals surface area contributed by atoms with E-state index in [1.54, 1.807) is 0 Å². The molecule has 0 amide bonds. The Balaban J connectivity index is 1.73. The molecule has 6 atom stereocenters. The zero-order chi connectivity index (χ0) is 23.9. The molecule has 3 aliphatic heterocycles. The van der Waals surface area contributed by atoms with Crippen LogP contribution in [0.25, 0.3) is 0 Å². The first-order valence-electron chi connectivity index (χ1n) is 11.4. The van der Waals surface area contributed by atoms with Gasteiger partial charge < -0.3 is 28.4 Å². The van der Waals surface area contributed by atoms with Gasteiger partial charge in [0.15, 0.2) is 30.1 Å². The van der Waals surface area contributed by atoms with Crippen LogP contribution in [0.1, 0.15) is 47.5 Å². The Morgan fingerprint density at radius 2 is 1.81 bits per heavy atom. The summed E-state index contributed by atoms with van der Waals surface area (Å²) in [6, 6.07) is 0. The van der Waals surface area contributed by atoms with Gasteiger partial charge in [-0.1, -0.05) is 31.8 Å². The van der Waals surface area contributed by atoms with E-state index in [0.717, 1.165) is 5.57 Å². The van der Waals surface area contributed by atoms with Gasteiger partial charge in [0.2, 0.25) is 0 Å². The maximum Gasteiger partial charge on any atom is 0.313 e. The summed E-state index contributed by atoms with van der Waals surface area (Å²) in [6.07, 6.45) is -1.61. The van der Waals surface area contributed by atoms with Gasteiger partial charge in [-0.2, -0.15) is 0 Å². The van der Waals surface area contributed by atoms with Gasteiger partial charge in [-0.3, -0.25) is 4.79 Å². The summed E-state index contributed by atoms with van der Waals surface area (Å²) in [5.74, 6) is 0.884. The van der Waals surface area contributed by atoms with Crippen LogP contribution >= 0.6 is 0 Å². The van der Waals surface area contributed by atoms with E-state index in [-0.39, 0.29) is 5.97 Å². The summed E-state index contributed by atoms with van der Waals surface area (Å²) in [5.41, 5.74) is 4.09. The van der Waals surface area contributed by atoms with Gasteiger partial charge >= 0.3 is 5.97 Å². The van der Waals surface area contributed by atoms with Crippen molar-refractivity contribution in [3.8, 4) is 11.5 Å². The Kier molecular flexibility index (Phi) is 7.31. The molecule has 0 bridgehead atoms. The molecule has 0 unspecified atom stereocenters. The lowest BCUT2D eigenvalue weighted by atomic mass is 9.96. The number of hydrogen-bond acceptors (Lipinski definition) is 7. The zero-order valence-corrected chi connectivity index (χ0v) is 21.7.